The van der Waals surface area contributed by atoms with Gasteiger partial charge in [-0.3, -0.25) is 4.79 Å². The van der Waals surface area contributed by atoms with E-state index >= 15 is 0 Å². The number of aryl methyl sites for hydroxylation is 1. The second-order valence-corrected chi connectivity index (χ2v) is 5.35. The molecule has 0 saturated heterocycles. The third-order valence-corrected chi connectivity index (χ3v) is 4.04. The van der Waals surface area contributed by atoms with Crippen LogP contribution in [-0.4, -0.2) is 5.78 Å². The van der Waals surface area contributed by atoms with Crippen LogP contribution < -0.4 is 5.73 Å². The van der Waals surface area contributed by atoms with Crippen molar-refractivity contribution in [2.75, 3.05) is 5.73 Å². The number of nitrogens with two attached hydrogens (primary N) is 1. The van der Waals surface area contributed by atoms with E-state index in [1.165, 1.54) is 0 Å². The molecule has 0 spiro atoms. The van der Waals surface area contributed by atoms with Crippen molar-refractivity contribution < 1.29 is 4.79 Å². The van der Waals surface area contributed by atoms with E-state index in [-0.39, 0.29) is 11.2 Å². The summed E-state index contributed by atoms with van der Waals surface area (Å²) in [6.07, 6.45) is 1.89. The predicted octanol–water partition coefficient (Wildman–Crippen LogP) is 3.49. The highest BCUT2D eigenvalue weighted by molar-refractivity contribution is 6.06. The summed E-state index contributed by atoms with van der Waals surface area (Å²) in [7, 11) is 0. The van der Waals surface area contributed by atoms with Crippen LogP contribution in [0.2, 0.25) is 0 Å². The van der Waals surface area contributed by atoms with Gasteiger partial charge in [0, 0.05) is 11.3 Å². The van der Waals surface area contributed by atoms with Crippen molar-refractivity contribution in [1.82, 2.24) is 0 Å². The van der Waals surface area contributed by atoms with Crippen LogP contribution in [0.15, 0.2) is 48.5 Å². The fourth-order valence-electron chi connectivity index (χ4n) is 2.62. The van der Waals surface area contributed by atoms with E-state index in [1.807, 2.05) is 43.3 Å². The van der Waals surface area contributed by atoms with Gasteiger partial charge in [0.2, 0.25) is 0 Å². The van der Waals surface area contributed by atoms with E-state index in [2.05, 4.69) is 12.1 Å². The van der Waals surface area contributed by atoms with Crippen LogP contribution in [0, 0.1) is 6.92 Å². The van der Waals surface area contributed by atoms with Gasteiger partial charge in [0.15, 0.2) is 5.78 Å². The van der Waals surface area contributed by atoms with Gasteiger partial charge in [-0.1, -0.05) is 30.3 Å². The van der Waals surface area contributed by atoms with Crippen LogP contribution in [0.3, 0.4) is 0 Å². The number of hydrogen-bond acceptors (Lipinski definition) is 2. The fourth-order valence-corrected chi connectivity index (χ4v) is 2.62. The highest BCUT2D eigenvalue weighted by Gasteiger charge is 2.51. The molecule has 0 radical (unpaired) electrons. The Morgan fingerprint density at radius 2 is 1.79 bits per heavy atom. The molecule has 0 amide bonds. The molecule has 1 fully saturated rings. The van der Waals surface area contributed by atoms with Gasteiger partial charge >= 0.3 is 0 Å². The first-order valence-corrected chi connectivity index (χ1v) is 6.60. The SMILES string of the molecule is Cc1cc(C(=O)C2(c3ccccc3)CC2)ccc1N. The quantitative estimate of drug-likeness (QED) is 0.670. The molecule has 1 aliphatic rings. The van der Waals surface area contributed by atoms with Crippen LogP contribution in [0.25, 0.3) is 0 Å². The Kier molecular flexibility index (Phi) is 2.67. The van der Waals surface area contributed by atoms with Crippen LogP contribution in [-0.2, 0) is 5.41 Å². The third kappa shape index (κ3) is 1.93. The summed E-state index contributed by atoms with van der Waals surface area (Å²) in [5, 5.41) is 0. The molecule has 0 aliphatic heterocycles. The monoisotopic (exact) mass is 251 g/mol. The van der Waals surface area contributed by atoms with Crippen LogP contribution in [0.1, 0.15) is 34.3 Å². The number of hydrogen-bond donors (Lipinski definition) is 1. The smallest absolute Gasteiger partial charge is 0.173 e. The fraction of sp³-hybridized carbons (Fsp3) is 0.235. The number of benzene rings is 2. The van der Waals surface area contributed by atoms with Crippen molar-refractivity contribution >= 4 is 11.5 Å². The molecular formula is C17H17NO. The van der Waals surface area contributed by atoms with E-state index in [1.54, 1.807) is 0 Å². The molecule has 0 atom stereocenters. The van der Waals surface area contributed by atoms with Crippen molar-refractivity contribution in [3.63, 3.8) is 0 Å². The zero-order valence-corrected chi connectivity index (χ0v) is 11.0. The number of rotatable bonds is 3. The molecule has 19 heavy (non-hydrogen) atoms. The van der Waals surface area contributed by atoms with Crippen molar-refractivity contribution in [2.24, 2.45) is 0 Å². The summed E-state index contributed by atoms with van der Waals surface area (Å²) in [6, 6.07) is 15.6. The van der Waals surface area contributed by atoms with Gasteiger partial charge in [-0.2, -0.15) is 0 Å². The van der Waals surface area contributed by atoms with Gasteiger partial charge in [-0.05, 0) is 49.1 Å². The number of carbonyl (C=O) groups is 1. The molecule has 1 saturated carbocycles. The van der Waals surface area contributed by atoms with E-state index in [9.17, 15) is 4.79 Å². The standard InChI is InChI=1S/C17H17NO/c1-12-11-13(7-8-15(12)18)16(19)17(9-10-17)14-5-3-2-4-6-14/h2-8,11H,9-10,18H2,1H3. The van der Waals surface area contributed by atoms with Gasteiger partial charge < -0.3 is 5.73 Å². The zero-order chi connectivity index (χ0) is 13.5. The van der Waals surface area contributed by atoms with Gasteiger partial charge in [-0.15, -0.1) is 0 Å². The molecule has 2 aromatic rings. The number of nitrogen functional groups attached to an aromatic ring is 1. The summed E-state index contributed by atoms with van der Waals surface area (Å²) in [5.74, 6) is 0.224. The van der Waals surface area contributed by atoms with Crippen molar-refractivity contribution in [3.05, 3.63) is 65.2 Å². The Labute approximate surface area is 113 Å². The highest BCUT2D eigenvalue weighted by Crippen LogP contribution is 2.50. The Hall–Kier alpha value is -2.09. The maximum Gasteiger partial charge on any atom is 0.173 e. The molecule has 0 unspecified atom stereocenters. The topological polar surface area (TPSA) is 43.1 Å². The molecule has 1 aliphatic carbocycles. The maximum absolute atomic E-state index is 12.8. The lowest BCUT2D eigenvalue weighted by Crippen LogP contribution is -2.20. The van der Waals surface area contributed by atoms with Gasteiger partial charge in [0.05, 0.1) is 5.41 Å². The summed E-state index contributed by atoms with van der Waals surface area (Å²) < 4.78 is 0. The lowest BCUT2D eigenvalue weighted by atomic mass is 9.87. The first kappa shape index (κ1) is 12.0. The third-order valence-electron chi connectivity index (χ3n) is 4.04. The van der Waals surface area contributed by atoms with E-state index < -0.39 is 0 Å². The number of ketones is 1. The molecule has 0 bridgehead atoms. The zero-order valence-electron chi connectivity index (χ0n) is 11.0. The Morgan fingerprint density at radius 1 is 1.11 bits per heavy atom. The lowest BCUT2D eigenvalue weighted by Gasteiger charge is -2.15. The average molecular weight is 251 g/mol. The lowest BCUT2D eigenvalue weighted by molar-refractivity contribution is 0.0946. The number of Topliss-reactive ketones (excluding diaryl/α,β-unsaturated/α-hetero) is 1. The molecule has 0 aromatic heterocycles. The largest absolute Gasteiger partial charge is 0.399 e. The first-order chi connectivity index (χ1) is 9.13. The normalized spacial score (nSPS) is 16.1. The summed E-state index contributed by atoms with van der Waals surface area (Å²) >= 11 is 0. The van der Waals surface area contributed by atoms with Crippen molar-refractivity contribution in [1.29, 1.82) is 0 Å². The number of carbonyl (C=O) groups excluding carboxylic acids is 1. The molecule has 96 valence electrons. The van der Waals surface area contributed by atoms with E-state index in [0.29, 0.717) is 0 Å². The molecule has 2 aromatic carbocycles. The van der Waals surface area contributed by atoms with Crippen LogP contribution in [0.5, 0.6) is 0 Å². The van der Waals surface area contributed by atoms with Crippen LogP contribution >= 0.6 is 0 Å². The second kappa shape index (κ2) is 4.23. The van der Waals surface area contributed by atoms with E-state index in [4.69, 9.17) is 5.73 Å². The van der Waals surface area contributed by atoms with Gasteiger partial charge in [0.1, 0.15) is 0 Å². The molecular weight excluding hydrogens is 234 g/mol. The minimum Gasteiger partial charge on any atom is -0.399 e. The molecule has 0 heterocycles. The molecule has 3 rings (SSSR count). The summed E-state index contributed by atoms with van der Waals surface area (Å²) in [6.45, 7) is 1.94. The summed E-state index contributed by atoms with van der Waals surface area (Å²) in [5.41, 5.74) is 9.14. The Morgan fingerprint density at radius 3 is 2.37 bits per heavy atom. The van der Waals surface area contributed by atoms with Crippen LogP contribution in [0.4, 0.5) is 5.69 Å². The van der Waals surface area contributed by atoms with Gasteiger partial charge in [-0.25, -0.2) is 0 Å². The Bertz CT molecular complexity index is 627. The first-order valence-electron chi connectivity index (χ1n) is 6.60. The maximum atomic E-state index is 12.8. The molecule has 2 N–H and O–H groups in total. The predicted molar refractivity (Wildman–Crippen MR) is 77.3 cm³/mol. The van der Waals surface area contributed by atoms with E-state index in [0.717, 1.165) is 35.2 Å². The molecule has 2 nitrogen and oxygen atoms in total. The van der Waals surface area contributed by atoms with Crippen molar-refractivity contribution in [3.8, 4) is 0 Å². The van der Waals surface area contributed by atoms with Crippen molar-refractivity contribution in [2.45, 2.75) is 25.2 Å². The number of anilines is 1. The highest BCUT2D eigenvalue weighted by atomic mass is 16.1. The van der Waals surface area contributed by atoms with Gasteiger partial charge in [0.25, 0.3) is 0 Å². The second-order valence-electron chi connectivity index (χ2n) is 5.35. The average Bonchev–Trinajstić information content (AvgIpc) is 3.24. The minimum absolute atomic E-state index is 0.224. The minimum atomic E-state index is -0.288. The Balaban J connectivity index is 1.98. The summed E-state index contributed by atoms with van der Waals surface area (Å²) in [4.78, 5) is 12.8. The molecule has 2 heteroatoms.